The standard InChI is InChI=1S/C12H11NO3/c1-6-3-7(2)11-8(14)5-10(12(13)15)16-9(11)4-6/h3-5H,1-2H3,(H2,13,15). The van der Waals surface area contributed by atoms with Crippen LogP contribution in [0.15, 0.2) is 27.4 Å². The van der Waals surface area contributed by atoms with Crippen molar-refractivity contribution in [3.05, 3.63) is 45.3 Å². The predicted octanol–water partition coefficient (Wildman–Crippen LogP) is 1.51. The number of nitrogens with two attached hydrogens (primary N) is 1. The quantitative estimate of drug-likeness (QED) is 0.786. The lowest BCUT2D eigenvalue weighted by Crippen LogP contribution is -2.14. The fourth-order valence-corrected chi connectivity index (χ4v) is 1.79. The van der Waals surface area contributed by atoms with Crippen molar-refractivity contribution in [2.24, 2.45) is 5.73 Å². The van der Waals surface area contributed by atoms with Crippen molar-refractivity contribution in [1.82, 2.24) is 0 Å². The molecule has 0 saturated heterocycles. The Hall–Kier alpha value is -2.10. The minimum atomic E-state index is -0.738. The van der Waals surface area contributed by atoms with Gasteiger partial charge in [-0.1, -0.05) is 6.07 Å². The summed E-state index contributed by atoms with van der Waals surface area (Å²) in [6.45, 7) is 3.72. The lowest BCUT2D eigenvalue weighted by molar-refractivity contribution is 0.0974. The monoisotopic (exact) mass is 217 g/mol. The van der Waals surface area contributed by atoms with Gasteiger partial charge < -0.3 is 10.2 Å². The first-order chi connectivity index (χ1) is 7.49. The van der Waals surface area contributed by atoms with Crippen LogP contribution >= 0.6 is 0 Å². The van der Waals surface area contributed by atoms with Crippen LogP contribution in [0.1, 0.15) is 21.7 Å². The van der Waals surface area contributed by atoms with E-state index in [2.05, 4.69) is 0 Å². The van der Waals surface area contributed by atoms with E-state index in [1.54, 1.807) is 6.07 Å². The molecule has 0 aliphatic rings. The second-order valence-electron chi connectivity index (χ2n) is 3.79. The first kappa shape index (κ1) is 10.4. The maximum atomic E-state index is 11.8. The fraction of sp³-hybridized carbons (Fsp3) is 0.167. The molecule has 1 aromatic heterocycles. The molecule has 0 aliphatic heterocycles. The highest BCUT2D eigenvalue weighted by Crippen LogP contribution is 2.18. The van der Waals surface area contributed by atoms with E-state index in [9.17, 15) is 9.59 Å². The first-order valence-electron chi connectivity index (χ1n) is 4.84. The Balaban J connectivity index is 2.93. The fourth-order valence-electron chi connectivity index (χ4n) is 1.79. The van der Waals surface area contributed by atoms with Gasteiger partial charge in [-0.25, -0.2) is 0 Å². The number of carbonyl (C=O) groups is 1. The number of hydrogen-bond acceptors (Lipinski definition) is 3. The molecule has 0 fully saturated rings. The molecule has 1 amide bonds. The summed E-state index contributed by atoms with van der Waals surface area (Å²) in [7, 11) is 0. The Morgan fingerprint density at radius 3 is 2.56 bits per heavy atom. The summed E-state index contributed by atoms with van der Waals surface area (Å²) in [6.07, 6.45) is 0. The number of carbonyl (C=O) groups excluding carboxylic acids is 1. The number of hydrogen-bond donors (Lipinski definition) is 1. The lowest BCUT2D eigenvalue weighted by atomic mass is 10.1. The van der Waals surface area contributed by atoms with Crippen LogP contribution in [0, 0.1) is 13.8 Å². The van der Waals surface area contributed by atoms with E-state index >= 15 is 0 Å². The summed E-state index contributed by atoms with van der Waals surface area (Å²) in [4.78, 5) is 22.7. The van der Waals surface area contributed by atoms with Gasteiger partial charge in [0.15, 0.2) is 11.2 Å². The molecule has 4 heteroatoms. The summed E-state index contributed by atoms with van der Waals surface area (Å²) in [5.41, 5.74) is 7.04. The van der Waals surface area contributed by atoms with Crippen LogP contribution in [0.25, 0.3) is 11.0 Å². The molecule has 0 saturated carbocycles. The summed E-state index contributed by atoms with van der Waals surface area (Å²) in [5.74, 6) is -0.847. The molecule has 0 spiro atoms. The Bertz CT molecular complexity index is 640. The Kier molecular flexibility index (Phi) is 2.27. The van der Waals surface area contributed by atoms with Crippen molar-refractivity contribution < 1.29 is 9.21 Å². The molecule has 1 heterocycles. The molecular weight excluding hydrogens is 206 g/mol. The van der Waals surface area contributed by atoms with Crippen LogP contribution in [0.3, 0.4) is 0 Å². The van der Waals surface area contributed by atoms with Gasteiger partial charge >= 0.3 is 0 Å². The van der Waals surface area contributed by atoms with Crippen LogP contribution < -0.4 is 11.2 Å². The van der Waals surface area contributed by atoms with E-state index in [0.717, 1.165) is 17.2 Å². The third-order valence-electron chi connectivity index (χ3n) is 2.42. The number of amides is 1. The van der Waals surface area contributed by atoms with E-state index < -0.39 is 5.91 Å². The molecule has 0 atom stereocenters. The van der Waals surface area contributed by atoms with Crippen molar-refractivity contribution in [1.29, 1.82) is 0 Å². The van der Waals surface area contributed by atoms with Crippen LogP contribution in [0.2, 0.25) is 0 Å². The highest BCUT2D eigenvalue weighted by Gasteiger charge is 2.10. The van der Waals surface area contributed by atoms with Gasteiger partial charge in [0.1, 0.15) is 5.58 Å². The van der Waals surface area contributed by atoms with E-state index in [-0.39, 0.29) is 11.2 Å². The molecular formula is C12H11NO3. The summed E-state index contributed by atoms with van der Waals surface area (Å²) < 4.78 is 5.29. The predicted molar refractivity (Wildman–Crippen MR) is 60.5 cm³/mol. The number of primary amides is 1. The zero-order valence-electron chi connectivity index (χ0n) is 9.03. The van der Waals surface area contributed by atoms with Crippen molar-refractivity contribution in [3.8, 4) is 0 Å². The molecule has 0 unspecified atom stereocenters. The van der Waals surface area contributed by atoms with Gasteiger partial charge in [0.25, 0.3) is 5.91 Å². The van der Waals surface area contributed by atoms with Crippen LogP contribution in [-0.4, -0.2) is 5.91 Å². The molecule has 2 N–H and O–H groups in total. The number of benzene rings is 1. The van der Waals surface area contributed by atoms with Crippen molar-refractivity contribution in [2.45, 2.75) is 13.8 Å². The normalized spacial score (nSPS) is 10.6. The van der Waals surface area contributed by atoms with Gasteiger partial charge in [0.2, 0.25) is 0 Å². The minimum absolute atomic E-state index is 0.109. The zero-order valence-corrected chi connectivity index (χ0v) is 9.03. The molecule has 0 aliphatic carbocycles. The van der Waals surface area contributed by atoms with Gasteiger partial charge in [-0.05, 0) is 31.0 Å². The van der Waals surface area contributed by atoms with Gasteiger partial charge in [-0.3, -0.25) is 9.59 Å². The largest absolute Gasteiger partial charge is 0.451 e. The number of rotatable bonds is 1. The van der Waals surface area contributed by atoms with Crippen LogP contribution in [-0.2, 0) is 0 Å². The van der Waals surface area contributed by atoms with Gasteiger partial charge in [0, 0.05) is 6.07 Å². The third-order valence-corrected chi connectivity index (χ3v) is 2.42. The first-order valence-corrected chi connectivity index (χ1v) is 4.84. The second-order valence-corrected chi connectivity index (χ2v) is 3.79. The molecule has 2 aromatic rings. The lowest BCUT2D eigenvalue weighted by Gasteiger charge is -2.03. The van der Waals surface area contributed by atoms with Crippen molar-refractivity contribution >= 4 is 16.9 Å². The molecule has 1 aromatic carbocycles. The number of aryl methyl sites for hydroxylation is 2. The van der Waals surface area contributed by atoms with Gasteiger partial charge in [-0.15, -0.1) is 0 Å². The zero-order chi connectivity index (χ0) is 11.9. The Morgan fingerprint density at radius 1 is 1.25 bits per heavy atom. The number of fused-ring (bicyclic) bond motifs is 1. The molecule has 2 rings (SSSR count). The average molecular weight is 217 g/mol. The van der Waals surface area contributed by atoms with Crippen LogP contribution in [0.4, 0.5) is 0 Å². The summed E-state index contributed by atoms with van der Waals surface area (Å²) in [6, 6.07) is 4.74. The Morgan fingerprint density at radius 2 is 1.94 bits per heavy atom. The van der Waals surface area contributed by atoms with E-state index in [1.165, 1.54) is 0 Å². The third kappa shape index (κ3) is 1.58. The van der Waals surface area contributed by atoms with Gasteiger partial charge in [-0.2, -0.15) is 0 Å². The highest BCUT2D eigenvalue weighted by molar-refractivity contribution is 5.92. The highest BCUT2D eigenvalue weighted by atomic mass is 16.3. The van der Waals surface area contributed by atoms with E-state index in [4.69, 9.17) is 10.2 Å². The Labute approximate surface area is 91.7 Å². The van der Waals surface area contributed by atoms with Crippen molar-refractivity contribution in [2.75, 3.05) is 0 Å². The van der Waals surface area contributed by atoms with Gasteiger partial charge in [0.05, 0.1) is 5.39 Å². The second kappa shape index (κ2) is 3.48. The average Bonchev–Trinajstić information content (AvgIpc) is 2.15. The minimum Gasteiger partial charge on any atom is -0.451 e. The molecule has 4 nitrogen and oxygen atoms in total. The molecule has 82 valence electrons. The van der Waals surface area contributed by atoms with E-state index in [1.807, 2.05) is 19.9 Å². The summed E-state index contributed by atoms with van der Waals surface area (Å²) in [5, 5.41) is 0.496. The molecule has 16 heavy (non-hydrogen) atoms. The SMILES string of the molecule is Cc1cc(C)c2c(=O)cc(C(N)=O)oc2c1. The molecule has 0 radical (unpaired) electrons. The van der Waals surface area contributed by atoms with E-state index in [0.29, 0.717) is 11.0 Å². The maximum Gasteiger partial charge on any atom is 0.284 e. The summed E-state index contributed by atoms with van der Waals surface area (Å²) >= 11 is 0. The molecule has 0 bridgehead atoms. The topological polar surface area (TPSA) is 73.3 Å². The maximum absolute atomic E-state index is 11.8. The van der Waals surface area contributed by atoms with Crippen molar-refractivity contribution in [3.63, 3.8) is 0 Å². The van der Waals surface area contributed by atoms with Crippen LogP contribution in [0.5, 0.6) is 0 Å². The smallest absolute Gasteiger partial charge is 0.284 e.